The van der Waals surface area contributed by atoms with Crippen molar-refractivity contribution in [2.24, 2.45) is 0 Å². The highest BCUT2D eigenvalue weighted by Gasteiger charge is 2.13. The van der Waals surface area contributed by atoms with E-state index in [4.69, 9.17) is 4.42 Å². The van der Waals surface area contributed by atoms with Crippen LogP contribution < -0.4 is 10.7 Å². The number of nitrogens with one attached hydrogen (secondary N) is 1. The Hall–Kier alpha value is -3.41. The molecule has 0 spiro atoms. The maximum atomic E-state index is 12.4. The zero-order valence-corrected chi connectivity index (χ0v) is 14.4. The number of amides is 1. The molecule has 26 heavy (non-hydrogen) atoms. The molecule has 0 bridgehead atoms. The van der Waals surface area contributed by atoms with Crippen LogP contribution in [0.1, 0.15) is 33.4 Å². The van der Waals surface area contributed by atoms with E-state index in [1.807, 2.05) is 13.0 Å². The quantitative estimate of drug-likeness (QED) is 0.728. The first-order valence-electron chi connectivity index (χ1n) is 8.08. The van der Waals surface area contributed by atoms with Crippen molar-refractivity contribution in [3.05, 3.63) is 75.6 Å². The first kappa shape index (κ1) is 17.4. The molecule has 1 amide bonds. The minimum Gasteiger partial charge on any atom is -0.465 e. The summed E-state index contributed by atoms with van der Waals surface area (Å²) in [6.07, 6.45) is 0.805. The van der Waals surface area contributed by atoms with Gasteiger partial charge in [-0.15, -0.1) is 0 Å². The predicted octanol–water partition coefficient (Wildman–Crippen LogP) is 3.39. The number of esters is 1. The van der Waals surface area contributed by atoms with Gasteiger partial charge in [0.25, 0.3) is 5.91 Å². The van der Waals surface area contributed by atoms with E-state index >= 15 is 0 Å². The molecule has 0 saturated carbocycles. The Balaban J connectivity index is 1.86. The molecule has 2 aromatic carbocycles. The van der Waals surface area contributed by atoms with E-state index in [-0.39, 0.29) is 11.2 Å². The second-order valence-electron chi connectivity index (χ2n) is 5.68. The summed E-state index contributed by atoms with van der Waals surface area (Å²) in [5.41, 5.74) is 1.95. The summed E-state index contributed by atoms with van der Waals surface area (Å²) in [4.78, 5) is 36.1. The van der Waals surface area contributed by atoms with Crippen LogP contribution in [0.3, 0.4) is 0 Å². The second kappa shape index (κ2) is 7.23. The largest absolute Gasteiger partial charge is 0.465 e. The number of aryl methyl sites for hydroxylation is 1. The second-order valence-corrected chi connectivity index (χ2v) is 5.68. The highest BCUT2D eigenvalue weighted by molar-refractivity contribution is 6.03. The summed E-state index contributed by atoms with van der Waals surface area (Å²) >= 11 is 0. The zero-order chi connectivity index (χ0) is 18.7. The first-order chi connectivity index (χ1) is 12.5. The van der Waals surface area contributed by atoms with Gasteiger partial charge in [-0.3, -0.25) is 9.59 Å². The Morgan fingerprint density at radius 1 is 1.08 bits per heavy atom. The Morgan fingerprint density at radius 2 is 1.81 bits per heavy atom. The predicted molar refractivity (Wildman–Crippen MR) is 97.6 cm³/mol. The summed E-state index contributed by atoms with van der Waals surface area (Å²) in [6.45, 7) is 2.00. The lowest BCUT2D eigenvalue weighted by molar-refractivity contribution is 0.0600. The van der Waals surface area contributed by atoms with Gasteiger partial charge in [-0.2, -0.15) is 0 Å². The fraction of sp³-hybridized carbons (Fsp3) is 0.150. The van der Waals surface area contributed by atoms with Gasteiger partial charge in [0.15, 0.2) is 11.2 Å². The van der Waals surface area contributed by atoms with Crippen LogP contribution in [0, 0.1) is 0 Å². The molecule has 3 rings (SSSR count). The Labute approximate surface area is 149 Å². The van der Waals surface area contributed by atoms with Crippen LogP contribution in [0.25, 0.3) is 11.0 Å². The Morgan fingerprint density at radius 3 is 2.46 bits per heavy atom. The van der Waals surface area contributed by atoms with Crippen LogP contribution in [-0.4, -0.2) is 19.0 Å². The molecule has 0 aliphatic carbocycles. The van der Waals surface area contributed by atoms with E-state index in [1.54, 1.807) is 24.3 Å². The number of rotatable bonds is 4. The minimum absolute atomic E-state index is 0.0798. The smallest absolute Gasteiger partial charge is 0.337 e. The molecule has 0 fully saturated rings. The molecule has 1 N–H and O–H groups in total. The number of fused-ring (bicyclic) bond motifs is 1. The number of carbonyl (C=O) groups is 2. The molecule has 0 aliphatic rings. The zero-order valence-electron chi connectivity index (χ0n) is 14.4. The third-order valence-electron chi connectivity index (χ3n) is 3.99. The third kappa shape index (κ3) is 3.49. The average Bonchev–Trinajstić information content (AvgIpc) is 2.67. The molecular formula is C20H17NO5. The molecular weight excluding hydrogens is 334 g/mol. The van der Waals surface area contributed by atoms with Crippen LogP contribution >= 0.6 is 0 Å². The number of carbonyl (C=O) groups excluding carboxylic acids is 2. The van der Waals surface area contributed by atoms with E-state index in [9.17, 15) is 14.4 Å². The number of benzene rings is 2. The number of hydrogen-bond acceptors (Lipinski definition) is 5. The van der Waals surface area contributed by atoms with E-state index in [2.05, 4.69) is 10.1 Å². The molecule has 0 atom stereocenters. The molecule has 0 aliphatic heterocycles. The van der Waals surface area contributed by atoms with E-state index in [0.29, 0.717) is 22.2 Å². The topological polar surface area (TPSA) is 85.6 Å². The van der Waals surface area contributed by atoms with Crippen molar-refractivity contribution in [1.82, 2.24) is 0 Å². The molecule has 0 unspecified atom stereocenters. The highest BCUT2D eigenvalue weighted by atomic mass is 16.5. The van der Waals surface area contributed by atoms with Crippen molar-refractivity contribution in [1.29, 1.82) is 0 Å². The van der Waals surface area contributed by atoms with Crippen molar-refractivity contribution in [2.45, 2.75) is 13.3 Å². The lowest BCUT2D eigenvalue weighted by atomic mass is 10.1. The van der Waals surface area contributed by atoms with Gasteiger partial charge in [-0.25, -0.2) is 4.79 Å². The number of ether oxygens (including phenoxy) is 1. The van der Waals surface area contributed by atoms with Crippen molar-refractivity contribution in [3.8, 4) is 0 Å². The van der Waals surface area contributed by atoms with Crippen molar-refractivity contribution in [2.75, 3.05) is 12.4 Å². The summed E-state index contributed by atoms with van der Waals surface area (Å²) in [5, 5.41) is 3.08. The van der Waals surface area contributed by atoms with Crippen LogP contribution in [0.4, 0.5) is 5.69 Å². The summed E-state index contributed by atoms with van der Waals surface area (Å²) in [6, 6.07) is 12.7. The first-order valence-corrected chi connectivity index (χ1v) is 8.08. The SMILES string of the molecule is CCc1ccc2oc(C(=O)Nc3ccc(C(=O)OC)cc3)cc(=O)c2c1. The Bertz CT molecular complexity index is 1030. The van der Waals surface area contributed by atoms with Crippen LogP contribution in [0.5, 0.6) is 0 Å². The monoisotopic (exact) mass is 351 g/mol. The van der Waals surface area contributed by atoms with Crippen LogP contribution in [0.15, 0.2) is 57.7 Å². The van der Waals surface area contributed by atoms with E-state index < -0.39 is 11.9 Å². The molecule has 0 radical (unpaired) electrons. The lowest BCUT2D eigenvalue weighted by Gasteiger charge is -2.07. The van der Waals surface area contributed by atoms with E-state index in [1.165, 1.54) is 25.3 Å². The van der Waals surface area contributed by atoms with Gasteiger partial charge >= 0.3 is 5.97 Å². The summed E-state index contributed by atoms with van der Waals surface area (Å²) in [7, 11) is 1.29. The Kier molecular flexibility index (Phi) is 4.84. The van der Waals surface area contributed by atoms with Gasteiger partial charge < -0.3 is 14.5 Å². The molecule has 6 nitrogen and oxygen atoms in total. The fourth-order valence-corrected chi connectivity index (χ4v) is 2.54. The summed E-state index contributed by atoms with van der Waals surface area (Å²) < 4.78 is 10.2. The van der Waals surface area contributed by atoms with Crippen molar-refractivity contribution in [3.63, 3.8) is 0 Å². The van der Waals surface area contributed by atoms with Gasteiger partial charge in [0.1, 0.15) is 5.58 Å². The highest BCUT2D eigenvalue weighted by Crippen LogP contribution is 2.17. The normalized spacial score (nSPS) is 10.5. The average molecular weight is 351 g/mol. The van der Waals surface area contributed by atoms with E-state index in [0.717, 1.165) is 12.0 Å². The molecule has 132 valence electrons. The van der Waals surface area contributed by atoms with Gasteiger partial charge in [0.2, 0.25) is 0 Å². The molecule has 1 heterocycles. The number of anilines is 1. The van der Waals surface area contributed by atoms with Gasteiger partial charge in [0, 0.05) is 11.8 Å². The fourth-order valence-electron chi connectivity index (χ4n) is 2.54. The van der Waals surface area contributed by atoms with Crippen molar-refractivity contribution >= 4 is 28.5 Å². The van der Waals surface area contributed by atoms with Gasteiger partial charge in [-0.1, -0.05) is 13.0 Å². The molecule has 1 aromatic heterocycles. The maximum Gasteiger partial charge on any atom is 0.337 e. The molecule has 6 heteroatoms. The van der Waals surface area contributed by atoms with Crippen molar-refractivity contribution < 1.29 is 18.7 Å². The standard InChI is InChI=1S/C20H17NO5/c1-3-12-4-9-17-15(10-12)16(22)11-18(26-17)19(23)21-14-7-5-13(6-8-14)20(24)25-2/h4-11H,3H2,1-2H3,(H,21,23). The van der Waals surface area contributed by atoms with Crippen LogP contribution in [-0.2, 0) is 11.2 Å². The summed E-state index contributed by atoms with van der Waals surface area (Å²) in [5.74, 6) is -1.09. The third-order valence-corrected chi connectivity index (χ3v) is 3.99. The number of methoxy groups -OCH3 is 1. The lowest BCUT2D eigenvalue weighted by Crippen LogP contribution is -2.15. The van der Waals surface area contributed by atoms with Crippen LogP contribution in [0.2, 0.25) is 0 Å². The minimum atomic E-state index is -0.547. The molecule has 3 aromatic rings. The van der Waals surface area contributed by atoms with Gasteiger partial charge in [-0.05, 0) is 48.4 Å². The molecule has 0 saturated heterocycles. The number of hydrogen-bond donors (Lipinski definition) is 1. The maximum absolute atomic E-state index is 12.4. The van der Waals surface area contributed by atoms with Gasteiger partial charge in [0.05, 0.1) is 18.1 Å².